The smallest absolute Gasteiger partial charge is 0.386 e. The van der Waals surface area contributed by atoms with Gasteiger partial charge in [0.15, 0.2) is 11.5 Å². The Labute approximate surface area is 193 Å². The number of carbonyl (C=O) groups excluding carboxylic acids is 1. The molecule has 2 aromatic rings. The first-order valence-corrected chi connectivity index (χ1v) is 11.2. The number of amides is 1. The standard InChI is InChI=1S/C26H31F2NO4/c1-17(2)33-23-11-8-18(14-24(23)31-3)12-13-29-25(30)22(16-32-26(27)28)21-10-9-19-6-4-5-7-20(19)15-21/h8-11,14-17,26H,4-7,12-13H2,1-3H3,(H,29,30). The van der Waals surface area contributed by atoms with Crippen LogP contribution < -0.4 is 14.8 Å². The van der Waals surface area contributed by atoms with Gasteiger partial charge in [-0.05, 0) is 80.3 Å². The first kappa shape index (κ1) is 24.6. The maximum absolute atomic E-state index is 12.9. The van der Waals surface area contributed by atoms with Crippen molar-refractivity contribution < 1.29 is 27.8 Å². The lowest BCUT2D eigenvalue weighted by Gasteiger charge is -2.18. The molecule has 0 saturated heterocycles. The van der Waals surface area contributed by atoms with Crippen LogP contribution in [0.25, 0.3) is 5.57 Å². The van der Waals surface area contributed by atoms with Crippen LogP contribution in [0, 0.1) is 0 Å². The third kappa shape index (κ3) is 6.94. The molecular weight excluding hydrogens is 428 g/mol. The molecule has 0 atom stereocenters. The molecule has 0 spiro atoms. The number of ether oxygens (including phenoxy) is 3. The van der Waals surface area contributed by atoms with Gasteiger partial charge in [0.25, 0.3) is 5.91 Å². The highest BCUT2D eigenvalue weighted by Gasteiger charge is 2.17. The maximum atomic E-state index is 12.9. The monoisotopic (exact) mass is 459 g/mol. The topological polar surface area (TPSA) is 56.8 Å². The van der Waals surface area contributed by atoms with Gasteiger partial charge in [0.2, 0.25) is 0 Å². The summed E-state index contributed by atoms with van der Waals surface area (Å²) in [7, 11) is 1.58. The van der Waals surface area contributed by atoms with Crippen LogP contribution >= 0.6 is 0 Å². The van der Waals surface area contributed by atoms with Crippen LogP contribution in [0.2, 0.25) is 0 Å². The molecule has 0 bridgehead atoms. The van der Waals surface area contributed by atoms with Gasteiger partial charge in [-0.15, -0.1) is 0 Å². The zero-order valence-corrected chi connectivity index (χ0v) is 19.3. The van der Waals surface area contributed by atoms with Crippen LogP contribution in [-0.2, 0) is 28.8 Å². The zero-order valence-electron chi connectivity index (χ0n) is 19.3. The van der Waals surface area contributed by atoms with Gasteiger partial charge in [0, 0.05) is 6.54 Å². The van der Waals surface area contributed by atoms with Gasteiger partial charge < -0.3 is 19.5 Å². The summed E-state index contributed by atoms with van der Waals surface area (Å²) in [6, 6.07) is 11.3. The molecule has 0 aromatic heterocycles. The molecular formula is C26H31F2NO4. The van der Waals surface area contributed by atoms with Crippen molar-refractivity contribution >= 4 is 11.5 Å². The SMILES string of the molecule is COc1cc(CCNC(=O)C(=COC(F)F)c2ccc3c(c2)CCCC3)ccc1OC(C)C. The van der Waals surface area contributed by atoms with Crippen molar-refractivity contribution in [2.24, 2.45) is 0 Å². The van der Waals surface area contributed by atoms with E-state index in [1.54, 1.807) is 13.2 Å². The minimum atomic E-state index is -3.00. The molecule has 178 valence electrons. The van der Waals surface area contributed by atoms with Gasteiger partial charge in [0.05, 0.1) is 18.8 Å². The molecule has 3 rings (SSSR count). The second kappa shape index (κ2) is 11.7. The van der Waals surface area contributed by atoms with Crippen molar-refractivity contribution in [2.75, 3.05) is 13.7 Å². The van der Waals surface area contributed by atoms with Crippen molar-refractivity contribution in [1.29, 1.82) is 0 Å². The van der Waals surface area contributed by atoms with Gasteiger partial charge >= 0.3 is 6.61 Å². The molecule has 1 amide bonds. The summed E-state index contributed by atoms with van der Waals surface area (Å²) < 4.78 is 40.9. The van der Waals surface area contributed by atoms with Gasteiger partial charge in [-0.2, -0.15) is 8.78 Å². The van der Waals surface area contributed by atoms with E-state index >= 15 is 0 Å². The summed E-state index contributed by atoms with van der Waals surface area (Å²) in [6.07, 6.45) is 5.56. The van der Waals surface area contributed by atoms with E-state index in [4.69, 9.17) is 9.47 Å². The van der Waals surface area contributed by atoms with Crippen LogP contribution in [0.15, 0.2) is 42.7 Å². The van der Waals surface area contributed by atoms with E-state index in [1.165, 1.54) is 5.56 Å². The van der Waals surface area contributed by atoms with E-state index in [0.29, 0.717) is 30.0 Å². The second-order valence-corrected chi connectivity index (χ2v) is 8.28. The summed E-state index contributed by atoms with van der Waals surface area (Å²) in [5.74, 6) is 0.813. The Hall–Kier alpha value is -3.09. The summed E-state index contributed by atoms with van der Waals surface area (Å²) in [5.41, 5.74) is 4.02. The van der Waals surface area contributed by atoms with Gasteiger partial charge in [-0.1, -0.05) is 24.3 Å². The number of carbonyl (C=O) groups is 1. The van der Waals surface area contributed by atoms with Gasteiger partial charge in [0.1, 0.15) is 6.26 Å². The molecule has 7 heteroatoms. The molecule has 0 saturated carbocycles. The molecule has 5 nitrogen and oxygen atoms in total. The van der Waals surface area contributed by atoms with Crippen LogP contribution in [0.4, 0.5) is 8.78 Å². The van der Waals surface area contributed by atoms with E-state index in [1.807, 2.05) is 44.2 Å². The largest absolute Gasteiger partial charge is 0.493 e. The summed E-state index contributed by atoms with van der Waals surface area (Å²) in [6.45, 7) is 1.20. The third-order valence-electron chi connectivity index (χ3n) is 5.48. The molecule has 1 aliphatic carbocycles. The Kier molecular flexibility index (Phi) is 8.69. The van der Waals surface area contributed by atoms with Crippen LogP contribution in [0.3, 0.4) is 0 Å². The molecule has 0 heterocycles. The molecule has 0 fully saturated rings. The lowest BCUT2D eigenvalue weighted by atomic mass is 9.89. The highest BCUT2D eigenvalue weighted by Crippen LogP contribution is 2.29. The van der Waals surface area contributed by atoms with E-state index in [2.05, 4.69) is 10.1 Å². The number of nitrogens with one attached hydrogen (secondary N) is 1. The van der Waals surface area contributed by atoms with E-state index < -0.39 is 12.5 Å². The average molecular weight is 460 g/mol. The van der Waals surface area contributed by atoms with Crippen LogP contribution in [0.5, 0.6) is 11.5 Å². The van der Waals surface area contributed by atoms with Crippen molar-refractivity contribution in [3.63, 3.8) is 0 Å². The predicted molar refractivity (Wildman–Crippen MR) is 124 cm³/mol. The average Bonchev–Trinajstić information content (AvgIpc) is 2.79. The molecule has 0 radical (unpaired) electrons. The highest BCUT2D eigenvalue weighted by atomic mass is 19.3. The van der Waals surface area contributed by atoms with E-state index in [0.717, 1.165) is 43.1 Å². The van der Waals surface area contributed by atoms with E-state index in [-0.39, 0.29) is 11.7 Å². The maximum Gasteiger partial charge on any atom is 0.386 e. The number of rotatable bonds is 10. The molecule has 0 aliphatic heterocycles. The lowest BCUT2D eigenvalue weighted by molar-refractivity contribution is -0.116. The molecule has 1 aliphatic rings. The fraction of sp³-hybridized carbons (Fsp3) is 0.423. The Bertz CT molecular complexity index is 988. The Morgan fingerprint density at radius 2 is 1.82 bits per heavy atom. The summed E-state index contributed by atoms with van der Waals surface area (Å²) >= 11 is 0. The van der Waals surface area contributed by atoms with E-state index in [9.17, 15) is 13.6 Å². The third-order valence-corrected chi connectivity index (χ3v) is 5.48. The lowest BCUT2D eigenvalue weighted by Crippen LogP contribution is -2.27. The Balaban J connectivity index is 1.68. The molecule has 0 unspecified atom stereocenters. The van der Waals surface area contributed by atoms with Crippen molar-refractivity contribution in [2.45, 2.75) is 58.7 Å². The molecule has 33 heavy (non-hydrogen) atoms. The number of hydrogen-bond donors (Lipinski definition) is 1. The molecule has 2 aromatic carbocycles. The number of aryl methyl sites for hydroxylation is 2. The van der Waals surface area contributed by atoms with Gasteiger partial charge in [-0.25, -0.2) is 0 Å². The van der Waals surface area contributed by atoms with Crippen LogP contribution in [0.1, 0.15) is 48.9 Å². The quantitative estimate of drug-likeness (QED) is 0.387. The Morgan fingerprint density at radius 3 is 2.52 bits per heavy atom. The number of alkyl halides is 2. The normalized spacial score (nSPS) is 13.6. The fourth-order valence-electron chi connectivity index (χ4n) is 3.91. The van der Waals surface area contributed by atoms with Crippen molar-refractivity contribution in [3.8, 4) is 11.5 Å². The summed E-state index contributed by atoms with van der Waals surface area (Å²) in [4.78, 5) is 12.9. The first-order valence-electron chi connectivity index (χ1n) is 11.2. The number of fused-ring (bicyclic) bond motifs is 1. The minimum absolute atomic E-state index is 0.0216. The van der Waals surface area contributed by atoms with Crippen molar-refractivity contribution in [1.82, 2.24) is 5.32 Å². The Morgan fingerprint density at radius 1 is 1.06 bits per heavy atom. The first-order chi connectivity index (χ1) is 15.9. The second-order valence-electron chi connectivity index (χ2n) is 8.28. The zero-order chi connectivity index (χ0) is 23.8. The number of hydrogen-bond acceptors (Lipinski definition) is 4. The minimum Gasteiger partial charge on any atom is -0.493 e. The molecule has 1 N–H and O–H groups in total. The number of halogens is 2. The van der Waals surface area contributed by atoms with Crippen LogP contribution in [-0.4, -0.2) is 32.3 Å². The number of benzene rings is 2. The predicted octanol–water partition coefficient (Wildman–Crippen LogP) is 5.30. The van der Waals surface area contributed by atoms with Crippen molar-refractivity contribution in [3.05, 3.63) is 64.9 Å². The number of methoxy groups -OCH3 is 1. The fourth-order valence-corrected chi connectivity index (χ4v) is 3.91. The summed E-state index contributed by atoms with van der Waals surface area (Å²) in [5, 5.41) is 2.81. The van der Waals surface area contributed by atoms with Gasteiger partial charge in [-0.3, -0.25) is 4.79 Å². The highest BCUT2D eigenvalue weighted by molar-refractivity contribution is 6.19.